The van der Waals surface area contributed by atoms with Crippen molar-refractivity contribution in [2.45, 2.75) is 25.3 Å². The number of amides is 5. The van der Waals surface area contributed by atoms with Crippen LogP contribution < -0.4 is 32.7 Å². The largest absolute Gasteiger partial charge is 0.368 e. The number of carbonyl (C=O) groups is 5. The van der Waals surface area contributed by atoms with Crippen LogP contribution in [0.4, 0.5) is 0 Å². The van der Waals surface area contributed by atoms with E-state index in [-0.39, 0.29) is 32.6 Å². The fourth-order valence-corrected chi connectivity index (χ4v) is 1.88. The van der Waals surface area contributed by atoms with Crippen LogP contribution in [0.25, 0.3) is 10.4 Å². The fraction of sp³-hybridized carbons (Fsp3) is 0.643. The molecule has 0 saturated carbocycles. The first-order valence-electron chi connectivity index (χ1n) is 8.39. The van der Waals surface area contributed by atoms with E-state index in [0.717, 1.165) is 0 Å². The Morgan fingerprint density at radius 3 is 2.18 bits per heavy atom. The number of azide groups is 1. The summed E-state index contributed by atoms with van der Waals surface area (Å²) >= 11 is 0. The molecule has 8 N–H and O–H groups in total. The highest BCUT2D eigenvalue weighted by atomic mass is 16.2. The third-order valence-corrected chi connectivity index (χ3v) is 3.23. The number of nitrogens with two attached hydrogens (primary N) is 2. The average molecular weight is 399 g/mol. The van der Waals surface area contributed by atoms with Crippen molar-refractivity contribution in [2.24, 2.45) is 16.6 Å². The van der Waals surface area contributed by atoms with Gasteiger partial charge in [-0.25, -0.2) is 0 Å². The Kier molecular flexibility index (Phi) is 13.0. The Labute approximate surface area is 160 Å². The molecule has 1 unspecified atom stereocenters. The van der Waals surface area contributed by atoms with Crippen molar-refractivity contribution in [3.8, 4) is 0 Å². The monoisotopic (exact) mass is 399 g/mol. The zero-order valence-electron chi connectivity index (χ0n) is 15.3. The smallest absolute Gasteiger partial charge is 0.243 e. The van der Waals surface area contributed by atoms with E-state index < -0.39 is 42.1 Å². The molecule has 0 aromatic heterocycles. The molecule has 0 aliphatic carbocycles. The molecule has 0 rings (SSSR count). The Hall–Kier alpha value is -3.38. The van der Waals surface area contributed by atoms with E-state index in [2.05, 4.69) is 31.3 Å². The summed E-state index contributed by atoms with van der Waals surface area (Å²) in [6.07, 6.45) is 1.18. The Balaban J connectivity index is 4.51. The molecule has 0 heterocycles. The van der Waals surface area contributed by atoms with Crippen molar-refractivity contribution in [3.05, 3.63) is 10.4 Å². The van der Waals surface area contributed by atoms with Gasteiger partial charge < -0.3 is 32.7 Å². The maximum absolute atomic E-state index is 12.1. The Morgan fingerprint density at radius 2 is 1.57 bits per heavy atom. The predicted octanol–water partition coefficient (Wildman–Crippen LogP) is -3.26. The summed E-state index contributed by atoms with van der Waals surface area (Å²) in [4.78, 5) is 59.9. The second-order valence-electron chi connectivity index (χ2n) is 5.51. The summed E-state index contributed by atoms with van der Waals surface area (Å²) in [7, 11) is 0. The fourth-order valence-electron chi connectivity index (χ4n) is 1.88. The summed E-state index contributed by atoms with van der Waals surface area (Å²) in [5.74, 6) is -3.13. The van der Waals surface area contributed by atoms with Crippen LogP contribution in [0.15, 0.2) is 5.11 Å². The number of nitrogens with one attached hydrogen (secondary N) is 4. The molecule has 0 spiro atoms. The predicted molar refractivity (Wildman–Crippen MR) is 97.1 cm³/mol. The van der Waals surface area contributed by atoms with Crippen LogP contribution in [0.3, 0.4) is 0 Å². The van der Waals surface area contributed by atoms with Gasteiger partial charge >= 0.3 is 0 Å². The van der Waals surface area contributed by atoms with Gasteiger partial charge in [-0.2, -0.15) is 0 Å². The summed E-state index contributed by atoms with van der Waals surface area (Å²) in [5, 5.41) is 12.6. The molecule has 28 heavy (non-hydrogen) atoms. The second-order valence-corrected chi connectivity index (χ2v) is 5.51. The number of carbonyl (C=O) groups excluding carboxylic acids is 5. The molecule has 14 nitrogen and oxygen atoms in total. The summed E-state index contributed by atoms with van der Waals surface area (Å²) in [5.41, 5.74) is 18.3. The molecular formula is C14H25N9O5. The van der Waals surface area contributed by atoms with Gasteiger partial charge in [0.15, 0.2) is 0 Å². The zero-order chi connectivity index (χ0) is 21.4. The molecule has 0 aromatic carbocycles. The molecule has 0 saturated heterocycles. The minimum absolute atomic E-state index is 0.220. The Bertz CT molecular complexity index is 618. The van der Waals surface area contributed by atoms with Crippen LogP contribution in [0.1, 0.15) is 19.3 Å². The summed E-state index contributed by atoms with van der Waals surface area (Å²) in [6, 6.07) is -0.966. The van der Waals surface area contributed by atoms with Gasteiger partial charge in [0.1, 0.15) is 6.04 Å². The molecule has 0 fully saturated rings. The highest BCUT2D eigenvalue weighted by Gasteiger charge is 2.20. The first kappa shape index (κ1) is 24.6. The van der Waals surface area contributed by atoms with Crippen LogP contribution in [-0.2, 0) is 24.0 Å². The minimum Gasteiger partial charge on any atom is -0.368 e. The highest BCUT2D eigenvalue weighted by Crippen LogP contribution is 2.02. The maximum atomic E-state index is 12.1. The highest BCUT2D eigenvalue weighted by molar-refractivity contribution is 5.92. The zero-order valence-corrected chi connectivity index (χ0v) is 15.3. The molecule has 0 bridgehead atoms. The summed E-state index contributed by atoms with van der Waals surface area (Å²) in [6.45, 7) is -1.18. The van der Waals surface area contributed by atoms with Crippen LogP contribution >= 0.6 is 0 Å². The lowest BCUT2D eigenvalue weighted by molar-refractivity contribution is -0.130. The molecule has 0 aliphatic rings. The Morgan fingerprint density at radius 1 is 0.929 bits per heavy atom. The third-order valence-electron chi connectivity index (χ3n) is 3.23. The molecule has 5 amide bonds. The van der Waals surface area contributed by atoms with Crippen molar-refractivity contribution < 1.29 is 24.0 Å². The van der Waals surface area contributed by atoms with E-state index in [1.54, 1.807) is 0 Å². The number of unbranched alkanes of at least 4 members (excludes halogenated alkanes) is 1. The lowest BCUT2D eigenvalue weighted by atomic mass is 10.1. The molecule has 0 radical (unpaired) electrons. The van der Waals surface area contributed by atoms with Gasteiger partial charge in [-0.15, -0.1) is 0 Å². The maximum Gasteiger partial charge on any atom is 0.243 e. The van der Waals surface area contributed by atoms with Gasteiger partial charge in [0, 0.05) is 11.5 Å². The second kappa shape index (κ2) is 14.8. The SMILES string of the molecule is [N-]=[N+]=NCCCCC(NC(=O)CNC(=O)CNC(=O)CN)C(=O)NCC(N)=O. The topological polar surface area (TPSA) is 234 Å². The van der Waals surface area contributed by atoms with Gasteiger partial charge in [-0.05, 0) is 18.4 Å². The van der Waals surface area contributed by atoms with E-state index in [1.807, 2.05) is 0 Å². The van der Waals surface area contributed by atoms with E-state index in [0.29, 0.717) is 12.8 Å². The first-order chi connectivity index (χ1) is 13.3. The number of hydrogen-bond acceptors (Lipinski definition) is 7. The van der Waals surface area contributed by atoms with Gasteiger partial charge in [0.25, 0.3) is 0 Å². The van der Waals surface area contributed by atoms with Crippen molar-refractivity contribution in [1.29, 1.82) is 0 Å². The van der Waals surface area contributed by atoms with E-state index in [1.165, 1.54) is 0 Å². The van der Waals surface area contributed by atoms with Crippen LogP contribution in [-0.4, -0.2) is 68.3 Å². The van der Waals surface area contributed by atoms with Gasteiger partial charge in [0.2, 0.25) is 29.5 Å². The lowest BCUT2D eigenvalue weighted by Gasteiger charge is -2.18. The molecule has 0 aliphatic heterocycles. The lowest BCUT2D eigenvalue weighted by Crippen LogP contribution is -2.51. The van der Waals surface area contributed by atoms with Crippen molar-refractivity contribution in [2.75, 3.05) is 32.7 Å². The normalized spacial score (nSPS) is 10.8. The molecule has 0 aromatic rings. The minimum atomic E-state index is -0.966. The van der Waals surface area contributed by atoms with Crippen LogP contribution in [0.2, 0.25) is 0 Å². The number of rotatable bonds is 14. The summed E-state index contributed by atoms with van der Waals surface area (Å²) < 4.78 is 0. The van der Waals surface area contributed by atoms with Crippen molar-refractivity contribution >= 4 is 29.5 Å². The van der Waals surface area contributed by atoms with Crippen LogP contribution in [0, 0.1) is 0 Å². The van der Waals surface area contributed by atoms with Crippen molar-refractivity contribution in [1.82, 2.24) is 21.3 Å². The average Bonchev–Trinajstić information content (AvgIpc) is 2.67. The quantitative estimate of drug-likeness (QED) is 0.0758. The number of primary amides is 1. The van der Waals surface area contributed by atoms with E-state index in [4.69, 9.17) is 17.0 Å². The van der Waals surface area contributed by atoms with Gasteiger partial charge in [0.05, 0.1) is 26.2 Å². The standard InChI is InChI=1S/C14H25N9O5/c15-5-11(25)18-7-12(26)19-8-13(27)22-9(3-1-2-4-21-23-17)14(28)20-6-10(16)24/h9H,1-8,15H2,(H2,16,24)(H,18,25)(H,19,26)(H,20,28)(H,22,27). The number of nitrogens with zero attached hydrogens (tertiary/aromatic N) is 3. The molecular weight excluding hydrogens is 374 g/mol. The van der Waals surface area contributed by atoms with Gasteiger partial charge in [-0.1, -0.05) is 11.5 Å². The molecule has 156 valence electrons. The van der Waals surface area contributed by atoms with Crippen LogP contribution in [0.5, 0.6) is 0 Å². The first-order valence-corrected chi connectivity index (χ1v) is 8.39. The van der Waals surface area contributed by atoms with Gasteiger partial charge in [-0.3, -0.25) is 24.0 Å². The van der Waals surface area contributed by atoms with Crippen molar-refractivity contribution in [3.63, 3.8) is 0 Å². The number of hydrogen-bond donors (Lipinski definition) is 6. The molecule has 14 heteroatoms. The van der Waals surface area contributed by atoms with E-state index >= 15 is 0 Å². The third kappa shape index (κ3) is 12.9. The van der Waals surface area contributed by atoms with E-state index in [9.17, 15) is 24.0 Å². The molecule has 1 atom stereocenters.